The summed E-state index contributed by atoms with van der Waals surface area (Å²) in [6.45, 7) is 3.82. The van der Waals surface area contributed by atoms with Crippen LogP contribution >= 0.6 is 12.4 Å². The number of nitrogens with zero attached hydrogens (tertiary/aromatic N) is 4. The Bertz CT molecular complexity index is 1090. The van der Waals surface area contributed by atoms with E-state index in [1.54, 1.807) is 17.2 Å². The highest BCUT2D eigenvalue weighted by molar-refractivity contribution is 5.96. The number of likely N-dealkylation sites (tertiary alicyclic amines) is 2. The number of carbonyl (C=O) groups excluding carboxylic acids is 1. The van der Waals surface area contributed by atoms with Gasteiger partial charge in [-0.1, -0.05) is 18.2 Å². The standard InChI is InChI=1S/C27H33F3N4O.ClH/c28-27(29,30)23-5-2-1-4-21(23)24-6-3-13-33(24)26(35)22-16-31-34(25(22)19-9-10-19)20-11-14-32(15-12-20)17-18-7-8-18;/h1-2,4-5,16,18-20,24H,3,6-15,17H2;1H. The van der Waals surface area contributed by atoms with Crippen LogP contribution in [0.15, 0.2) is 30.5 Å². The predicted molar refractivity (Wildman–Crippen MR) is 133 cm³/mol. The smallest absolute Gasteiger partial charge is 0.331 e. The van der Waals surface area contributed by atoms with Crippen LogP contribution in [-0.4, -0.2) is 51.7 Å². The maximum Gasteiger partial charge on any atom is 0.416 e. The molecule has 1 aromatic carbocycles. The Balaban J connectivity index is 0.00000267. The zero-order valence-corrected chi connectivity index (χ0v) is 21.2. The van der Waals surface area contributed by atoms with Crippen molar-refractivity contribution in [2.24, 2.45) is 5.92 Å². The van der Waals surface area contributed by atoms with Crippen LogP contribution in [0.4, 0.5) is 13.2 Å². The molecule has 4 fully saturated rings. The molecule has 2 saturated heterocycles. The second-order valence-electron chi connectivity index (χ2n) is 10.9. The molecular formula is C27H34ClF3N4O. The molecule has 0 spiro atoms. The lowest BCUT2D eigenvalue weighted by Gasteiger charge is -2.33. The minimum absolute atomic E-state index is 0. The van der Waals surface area contributed by atoms with Crippen molar-refractivity contribution in [3.63, 3.8) is 0 Å². The van der Waals surface area contributed by atoms with Gasteiger partial charge in [-0.3, -0.25) is 9.48 Å². The van der Waals surface area contributed by atoms with Crippen LogP contribution in [0.5, 0.6) is 0 Å². The van der Waals surface area contributed by atoms with E-state index in [1.807, 2.05) is 0 Å². The molecule has 196 valence electrons. The Labute approximate surface area is 216 Å². The van der Waals surface area contributed by atoms with Crippen molar-refractivity contribution in [3.8, 4) is 0 Å². The van der Waals surface area contributed by atoms with E-state index in [0.717, 1.165) is 56.5 Å². The van der Waals surface area contributed by atoms with Crippen molar-refractivity contribution < 1.29 is 18.0 Å². The minimum Gasteiger partial charge on any atom is -0.331 e. The van der Waals surface area contributed by atoms with Crippen molar-refractivity contribution in [1.82, 2.24) is 19.6 Å². The first-order valence-electron chi connectivity index (χ1n) is 13.2. The Morgan fingerprint density at radius 1 is 0.972 bits per heavy atom. The summed E-state index contributed by atoms with van der Waals surface area (Å²) in [6, 6.07) is 5.44. The second-order valence-corrected chi connectivity index (χ2v) is 10.9. The molecule has 1 aromatic heterocycles. The first kappa shape index (κ1) is 25.6. The van der Waals surface area contributed by atoms with E-state index in [9.17, 15) is 18.0 Å². The summed E-state index contributed by atoms with van der Waals surface area (Å²) in [4.78, 5) is 18.0. The third kappa shape index (κ3) is 5.03. The summed E-state index contributed by atoms with van der Waals surface area (Å²) in [5.74, 6) is 1.06. The summed E-state index contributed by atoms with van der Waals surface area (Å²) in [5.41, 5.74) is 1.18. The second kappa shape index (κ2) is 10.0. The van der Waals surface area contributed by atoms with E-state index in [0.29, 0.717) is 36.9 Å². The van der Waals surface area contributed by atoms with E-state index in [2.05, 4.69) is 9.58 Å². The largest absolute Gasteiger partial charge is 0.416 e. The average Bonchev–Trinajstić information content (AvgIpc) is 3.77. The van der Waals surface area contributed by atoms with Crippen LogP contribution < -0.4 is 0 Å². The number of aromatic nitrogens is 2. The van der Waals surface area contributed by atoms with E-state index < -0.39 is 17.8 Å². The number of halogens is 4. The summed E-state index contributed by atoms with van der Waals surface area (Å²) in [7, 11) is 0. The molecule has 0 N–H and O–H groups in total. The number of piperidine rings is 1. The van der Waals surface area contributed by atoms with Gasteiger partial charge in [0.25, 0.3) is 5.91 Å². The van der Waals surface area contributed by atoms with Gasteiger partial charge >= 0.3 is 6.18 Å². The molecule has 1 amide bonds. The number of amides is 1. The molecule has 9 heteroatoms. The maximum absolute atomic E-state index is 13.8. The lowest BCUT2D eigenvalue weighted by Crippen LogP contribution is -2.36. The van der Waals surface area contributed by atoms with Crippen LogP contribution in [0, 0.1) is 5.92 Å². The first-order chi connectivity index (χ1) is 16.9. The molecule has 3 heterocycles. The number of hydrogen-bond donors (Lipinski definition) is 0. The van der Waals surface area contributed by atoms with Gasteiger partial charge in [-0.25, -0.2) is 0 Å². The molecule has 4 aliphatic rings. The molecule has 0 radical (unpaired) electrons. The van der Waals surface area contributed by atoms with Gasteiger partial charge in [-0.15, -0.1) is 12.4 Å². The van der Waals surface area contributed by atoms with E-state index in [-0.39, 0.29) is 23.9 Å². The molecule has 5 nitrogen and oxygen atoms in total. The van der Waals surface area contributed by atoms with E-state index in [1.165, 1.54) is 31.5 Å². The topological polar surface area (TPSA) is 41.4 Å². The van der Waals surface area contributed by atoms with Crippen molar-refractivity contribution >= 4 is 18.3 Å². The van der Waals surface area contributed by atoms with Crippen LogP contribution in [0.2, 0.25) is 0 Å². The van der Waals surface area contributed by atoms with Gasteiger partial charge in [-0.2, -0.15) is 18.3 Å². The third-order valence-electron chi connectivity index (χ3n) is 8.28. The Hall–Kier alpha value is -2.06. The number of hydrogen-bond acceptors (Lipinski definition) is 3. The molecule has 1 unspecified atom stereocenters. The van der Waals surface area contributed by atoms with Crippen LogP contribution in [0.1, 0.15) is 96.5 Å². The summed E-state index contributed by atoms with van der Waals surface area (Å²) in [5, 5.41) is 4.72. The Kier molecular flexibility index (Phi) is 7.11. The highest BCUT2D eigenvalue weighted by atomic mass is 35.5. The van der Waals surface area contributed by atoms with Crippen molar-refractivity contribution in [1.29, 1.82) is 0 Å². The number of benzene rings is 1. The van der Waals surface area contributed by atoms with Crippen LogP contribution in [0.3, 0.4) is 0 Å². The fourth-order valence-corrected chi connectivity index (χ4v) is 6.14. The predicted octanol–water partition coefficient (Wildman–Crippen LogP) is 6.23. The molecule has 2 saturated carbocycles. The van der Waals surface area contributed by atoms with E-state index >= 15 is 0 Å². The molecule has 0 bridgehead atoms. The van der Waals surface area contributed by atoms with Crippen molar-refractivity contribution in [3.05, 3.63) is 52.8 Å². The molecule has 2 aromatic rings. The fourth-order valence-electron chi connectivity index (χ4n) is 6.14. The first-order valence-corrected chi connectivity index (χ1v) is 13.2. The third-order valence-corrected chi connectivity index (χ3v) is 8.28. The molecule has 2 aliphatic heterocycles. The molecule has 6 rings (SSSR count). The van der Waals surface area contributed by atoms with Gasteiger partial charge in [0, 0.05) is 32.1 Å². The van der Waals surface area contributed by atoms with Gasteiger partial charge in [0.1, 0.15) is 0 Å². The van der Waals surface area contributed by atoms with E-state index in [4.69, 9.17) is 5.10 Å². The van der Waals surface area contributed by atoms with Gasteiger partial charge in [0.15, 0.2) is 0 Å². The molecule has 1 atom stereocenters. The molecule has 36 heavy (non-hydrogen) atoms. The highest BCUT2D eigenvalue weighted by Crippen LogP contribution is 2.45. The lowest BCUT2D eigenvalue weighted by atomic mass is 9.97. The normalized spacial score (nSPS) is 23.6. The van der Waals surface area contributed by atoms with Crippen LogP contribution in [-0.2, 0) is 6.18 Å². The molecular weight excluding hydrogens is 489 g/mol. The fraction of sp³-hybridized carbons (Fsp3) is 0.630. The Morgan fingerprint density at radius 3 is 2.36 bits per heavy atom. The van der Waals surface area contributed by atoms with Gasteiger partial charge < -0.3 is 9.80 Å². The monoisotopic (exact) mass is 522 g/mol. The van der Waals surface area contributed by atoms with Crippen molar-refractivity contribution in [2.45, 2.75) is 75.5 Å². The van der Waals surface area contributed by atoms with Crippen molar-refractivity contribution in [2.75, 3.05) is 26.2 Å². The van der Waals surface area contributed by atoms with Gasteiger partial charge in [-0.05, 0) is 68.9 Å². The minimum atomic E-state index is -4.44. The lowest BCUT2D eigenvalue weighted by molar-refractivity contribution is -0.138. The Morgan fingerprint density at radius 2 is 1.69 bits per heavy atom. The maximum atomic E-state index is 13.8. The van der Waals surface area contributed by atoms with Crippen LogP contribution in [0.25, 0.3) is 0 Å². The SMILES string of the molecule is Cl.O=C(c1cnn(C2CCN(CC3CC3)CC2)c1C1CC1)N1CCCC1c1ccccc1C(F)(F)F. The number of carbonyl (C=O) groups is 1. The number of alkyl halides is 3. The van der Waals surface area contributed by atoms with Gasteiger partial charge in [0.05, 0.1) is 35.1 Å². The molecule has 2 aliphatic carbocycles. The van der Waals surface area contributed by atoms with Gasteiger partial charge in [0.2, 0.25) is 0 Å². The quantitative estimate of drug-likeness (QED) is 0.452. The summed E-state index contributed by atoms with van der Waals surface area (Å²) >= 11 is 0. The zero-order chi connectivity index (χ0) is 24.2. The average molecular weight is 523 g/mol. The number of rotatable bonds is 6. The highest BCUT2D eigenvalue weighted by Gasteiger charge is 2.42. The zero-order valence-electron chi connectivity index (χ0n) is 20.4. The summed E-state index contributed by atoms with van der Waals surface area (Å²) < 4.78 is 43.3. The summed E-state index contributed by atoms with van der Waals surface area (Å²) in [6.07, 6.45) is 5.40.